The number of hydrogen-bond acceptors (Lipinski definition) is 6. The van der Waals surface area contributed by atoms with Gasteiger partial charge in [0.15, 0.2) is 0 Å². The Labute approximate surface area is 198 Å². The van der Waals surface area contributed by atoms with Crippen LogP contribution in [-0.4, -0.2) is 63.7 Å². The van der Waals surface area contributed by atoms with E-state index in [0.29, 0.717) is 61.1 Å². The van der Waals surface area contributed by atoms with E-state index >= 15 is 0 Å². The maximum atomic E-state index is 12.6. The van der Waals surface area contributed by atoms with E-state index in [-0.39, 0.29) is 11.9 Å². The van der Waals surface area contributed by atoms with Gasteiger partial charge in [-0.3, -0.25) is 9.59 Å². The first kappa shape index (κ1) is 24.7. The smallest absolute Gasteiger partial charge is 0.321 e. The fraction of sp³-hybridized carbons (Fsp3) is 0.375. The van der Waals surface area contributed by atoms with Crippen LogP contribution >= 0.6 is 0 Å². The van der Waals surface area contributed by atoms with Crippen molar-refractivity contribution in [1.29, 1.82) is 0 Å². The molecule has 182 valence electrons. The van der Waals surface area contributed by atoms with Gasteiger partial charge in [-0.25, -0.2) is 4.79 Å². The minimum Gasteiger partial charge on any atom is -0.497 e. The predicted molar refractivity (Wildman–Crippen MR) is 127 cm³/mol. The molecule has 34 heavy (non-hydrogen) atoms. The quantitative estimate of drug-likeness (QED) is 0.536. The fourth-order valence-corrected chi connectivity index (χ4v) is 3.68. The minimum absolute atomic E-state index is 0.169. The van der Waals surface area contributed by atoms with Crippen molar-refractivity contribution in [1.82, 2.24) is 10.2 Å². The summed E-state index contributed by atoms with van der Waals surface area (Å²) >= 11 is 0. The Kier molecular flexibility index (Phi) is 8.55. The van der Waals surface area contributed by atoms with E-state index in [1.54, 1.807) is 42.3 Å². The highest BCUT2D eigenvalue weighted by Crippen LogP contribution is 2.29. The molecule has 0 aromatic heterocycles. The Morgan fingerprint density at radius 1 is 0.853 bits per heavy atom. The molecule has 4 amide bonds. The van der Waals surface area contributed by atoms with E-state index < -0.39 is 11.8 Å². The number of urea groups is 1. The van der Waals surface area contributed by atoms with Crippen molar-refractivity contribution in [2.45, 2.75) is 12.8 Å². The van der Waals surface area contributed by atoms with Crippen molar-refractivity contribution >= 4 is 29.2 Å². The zero-order chi connectivity index (χ0) is 24.5. The van der Waals surface area contributed by atoms with Gasteiger partial charge in [0.1, 0.15) is 17.2 Å². The van der Waals surface area contributed by atoms with Gasteiger partial charge >= 0.3 is 17.8 Å². The molecule has 3 N–H and O–H groups in total. The molecule has 3 rings (SSSR count). The van der Waals surface area contributed by atoms with Gasteiger partial charge in [-0.05, 0) is 43.0 Å². The molecule has 10 heteroatoms. The zero-order valence-electron chi connectivity index (χ0n) is 19.6. The summed E-state index contributed by atoms with van der Waals surface area (Å²) in [4.78, 5) is 38.9. The number of piperidine rings is 1. The highest BCUT2D eigenvalue weighted by molar-refractivity contribution is 6.39. The number of methoxy groups -OCH3 is 3. The first-order valence-corrected chi connectivity index (χ1v) is 10.9. The first-order valence-electron chi connectivity index (χ1n) is 10.9. The number of carbonyl (C=O) groups excluding carboxylic acids is 3. The van der Waals surface area contributed by atoms with Crippen LogP contribution in [0.1, 0.15) is 12.8 Å². The second-order valence-electron chi connectivity index (χ2n) is 7.79. The molecule has 1 aliphatic rings. The Balaban J connectivity index is 1.43. The van der Waals surface area contributed by atoms with Crippen molar-refractivity contribution in [3.8, 4) is 17.2 Å². The summed E-state index contributed by atoms with van der Waals surface area (Å²) in [5.74, 6) is 0.217. The van der Waals surface area contributed by atoms with E-state index in [1.807, 2.05) is 12.1 Å². The van der Waals surface area contributed by atoms with Crippen LogP contribution in [-0.2, 0) is 9.59 Å². The van der Waals surface area contributed by atoms with Gasteiger partial charge < -0.3 is 35.1 Å². The lowest BCUT2D eigenvalue weighted by Gasteiger charge is -2.32. The molecule has 1 saturated heterocycles. The first-order chi connectivity index (χ1) is 16.4. The third-order valence-electron chi connectivity index (χ3n) is 5.66. The molecule has 0 aliphatic carbocycles. The maximum Gasteiger partial charge on any atom is 0.321 e. The second-order valence-corrected chi connectivity index (χ2v) is 7.79. The fourth-order valence-electron chi connectivity index (χ4n) is 3.68. The van der Waals surface area contributed by atoms with Crippen LogP contribution in [0, 0.1) is 5.92 Å². The van der Waals surface area contributed by atoms with Crippen LogP contribution in [0.15, 0.2) is 42.5 Å². The number of amides is 4. The van der Waals surface area contributed by atoms with Crippen LogP contribution in [0.5, 0.6) is 17.2 Å². The number of hydrogen-bond donors (Lipinski definition) is 3. The normalized spacial score (nSPS) is 13.6. The lowest BCUT2D eigenvalue weighted by Crippen LogP contribution is -2.44. The summed E-state index contributed by atoms with van der Waals surface area (Å²) in [6.45, 7) is 1.46. The van der Waals surface area contributed by atoms with Crippen LogP contribution in [0.2, 0.25) is 0 Å². The van der Waals surface area contributed by atoms with Gasteiger partial charge in [-0.1, -0.05) is 12.1 Å². The second kappa shape index (κ2) is 11.8. The number of rotatable bonds is 7. The molecule has 2 aromatic rings. The molecular weight excluding hydrogens is 440 g/mol. The van der Waals surface area contributed by atoms with E-state index in [9.17, 15) is 14.4 Å². The van der Waals surface area contributed by atoms with Gasteiger partial charge in [-0.15, -0.1) is 0 Å². The lowest BCUT2D eigenvalue weighted by atomic mass is 9.97. The third kappa shape index (κ3) is 6.31. The number of nitrogens with zero attached hydrogens (tertiary/aromatic N) is 1. The van der Waals surface area contributed by atoms with Crippen molar-refractivity contribution < 1.29 is 28.6 Å². The zero-order valence-corrected chi connectivity index (χ0v) is 19.6. The summed E-state index contributed by atoms with van der Waals surface area (Å²) in [7, 11) is 4.55. The molecule has 0 bridgehead atoms. The Hall–Kier alpha value is -3.95. The van der Waals surface area contributed by atoms with Crippen molar-refractivity contribution in [2.24, 2.45) is 5.92 Å². The molecule has 1 aliphatic heterocycles. The number of anilines is 2. The van der Waals surface area contributed by atoms with E-state index in [1.165, 1.54) is 14.2 Å². The van der Waals surface area contributed by atoms with Gasteiger partial charge in [0.2, 0.25) is 0 Å². The average Bonchev–Trinajstić information content (AvgIpc) is 2.87. The standard InChI is InChI=1S/C24H30N4O6/c1-32-17-8-9-19(21(14-17)34-3)26-23(30)22(29)25-15-16-10-12-28(13-11-16)24(31)27-18-6-4-5-7-20(18)33-2/h4-9,14,16H,10-13,15H2,1-3H3,(H,25,29)(H,26,30)(H,27,31). The molecule has 0 spiro atoms. The Morgan fingerprint density at radius 2 is 1.53 bits per heavy atom. The summed E-state index contributed by atoms with van der Waals surface area (Å²) in [5.41, 5.74) is 0.988. The van der Waals surface area contributed by atoms with Crippen molar-refractivity contribution in [2.75, 3.05) is 51.6 Å². The van der Waals surface area contributed by atoms with E-state index in [0.717, 1.165) is 0 Å². The molecule has 1 fully saturated rings. The van der Waals surface area contributed by atoms with Crippen molar-refractivity contribution in [3.05, 3.63) is 42.5 Å². The average molecular weight is 471 g/mol. The van der Waals surface area contributed by atoms with Crippen LogP contribution < -0.4 is 30.2 Å². The van der Waals surface area contributed by atoms with Gasteiger partial charge in [-0.2, -0.15) is 0 Å². The van der Waals surface area contributed by atoms with Gasteiger partial charge in [0.05, 0.1) is 32.7 Å². The van der Waals surface area contributed by atoms with Gasteiger partial charge in [0.25, 0.3) is 0 Å². The van der Waals surface area contributed by atoms with E-state index in [2.05, 4.69) is 16.0 Å². The number of para-hydroxylation sites is 2. The number of carbonyl (C=O) groups is 3. The maximum absolute atomic E-state index is 12.6. The minimum atomic E-state index is -0.780. The van der Waals surface area contributed by atoms with Crippen LogP contribution in [0.4, 0.5) is 16.2 Å². The number of ether oxygens (including phenoxy) is 3. The highest BCUT2D eigenvalue weighted by atomic mass is 16.5. The number of benzene rings is 2. The molecule has 0 atom stereocenters. The molecule has 0 unspecified atom stereocenters. The Bertz CT molecular complexity index is 1020. The summed E-state index contributed by atoms with van der Waals surface area (Å²) < 4.78 is 15.6. The topological polar surface area (TPSA) is 118 Å². The monoisotopic (exact) mass is 470 g/mol. The van der Waals surface area contributed by atoms with Crippen LogP contribution in [0.3, 0.4) is 0 Å². The molecule has 10 nitrogen and oxygen atoms in total. The Morgan fingerprint density at radius 3 is 2.21 bits per heavy atom. The molecule has 0 radical (unpaired) electrons. The van der Waals surface area contributed by atoms with Crippen molar-refractivity contribution in [3.63, 3.8) is 0 Å². The third-order valence-corrected chi connectivity index (χ3v) is 5.66. The lowest BCUT2D eigenvalue weighted by molar-refractivity contribution is -0.136. The number of nitrogens with one attached hydrogen (secondary N) is 3. The summed E-state index contributed by atoms with van der Waals surface area (Å²) in [6.07, 6.45) is 1.43. The molecule has 1 heterocycles. The SMILES string of the molecule is COc1ccc(NC(=O)C(=O)NCC2CCN(C(=O)Nc3ccccc3OC)CC2)c(OC)c1. The molecule has 0 saturated carbocycles. The van der Waals surface area contributed by atoms with E-state index in [4.69, 9.17) is 14.2 Å². The summed E-state index contributed by atoms with van der Waals surface area (Å²) in [5, 5.41) is 8.10. The molecule has 2 aromatic carbocycles. The predicted octanol–water partition coefficient (Wildman–Crippen LogP) is 2.71. The molecular formula is C24H30N4O6. The summed E-state index contributed by atoms with van der Waals surface area (Å²) in [6, 6.07) is 11.9. The largest absolute Gasteiger partial charge is 0.497 e. The highest BCUT2D eigenvalue weighted by Gasteiger charge is 2.25. The van der Waals surface area contributed by atoms with Crippen LogP contribution in [0.25, 0.3) is 0 Å². The van der Waals surface area contributed by atoms with Gasteiger partial charge in [0, 0.05) is 25.7 Å². The number of likely N-dealkylation sites (tertiary alicyclic amines) is 1.